The fourth-order valence-corrected chi connectivity index (χ4v) is 3.20. The summed E-state index contributed by atoms with van der Waals surface area (Å²) in [6.07, 6.45) is 4.54. The van der Waals surface area contributed by atoms with Crippen molar-refractivity contribution in [1.82, 2.24) is 9.97 Å². The first kappa shape index (κ1) is 14.0. The maximum Gasteiger partial charge on any atom is 0.179 e. The summed E-state index contributed by atoms with van der Waals surface area (Å²) in [5.74, 6) is 0.366. The average molecular weight is 297 g/mol. The largest absolute Gasteiger partial charge is 0.360 e. The molecule has 0 aliphatic rings. The van der Waals surface area contributed by atoms with Gasteiger partial charge in [-0.05, 0) is 26.0 Å². The second-order valence-electron chi connectivity index (χ2n) is 4.30. The number of anilines is 1. The van der Waals surface area contributed by atoms with Gasteiger partial charge in [0.25, 0.3) is 0 Å². The number of aromatic nitrogens is 2. The number of hydrogen-bond donors (Lipinski definition) is 1. The first-order valence-corrected chi connectivity index (χ1v) is 8.42. The number of nitrogens with one attached hydrogen (secondary N) is 1. The molecule has 0 saturated heterocycles. The standard InChI is InChI=1S/C12H15N3O2S2/c1-8-7-14-12(18-8)9(2)15-11-10(19(3,16)17)5-4-6-13-11/h4-7,9H,1-3H3,(H,13,15). The van der Waals surface area contributed by atoms with Gasteiger partial charge in [-0.15, -0.1) is 11.3 Å². The molecule has 1 N–H and O–H groups in total. The van der Waals surface area contributed by atoms with Crippen molar-refractivity contribution in [2.75, 3.05) is 11.6 Å². The minimum Gasteiger partial charge on any atom is -0.360 e. The Bertz CT molecular complexity index is 680. The van der Waals surface area contributed by atoms with Crippen molar-refractivity contribution >= 4 is 27.0 Å². The van der Waals surface area contributed by atoms with E-state index in [0.29, 0.717) is 5.82 Å². The Labute approximate surface area is 116 Å². The molecule has 7 heteroatoms. The van der Waals surface area contributed by atoms with Gasteiger partial charge in [0.1, 0.15) is 15.7 Å². The molecule has 1 unspecified atom stereocenters. The molecular formula is C12H15N3O2S2. The van der Waals surface area contributed by atoms with Crippen LogP contribution in [0.1, 0.15) is 22.9 Å². The molecule has 19 heavy (non-hydrogen) atoms. The molecule has 0 spiro atoms. The van der Waals surface area contributed by atoms with E-state index in [9.17, 15) is 8.42 Å². The highest BCUT2D eigenvalue weighted by Gasteiger charge is 2.17. The van der Waals surface area contributed by atoms with Crippen LogP contribution in [0.25, 0.3) is 0 Å². The highest BCUT2D eigenvalue weighted by atomic mass is 32.2. The molecule has 0 aliphatic carbocycles. The SMILES string of the molecule is Cc1cnc(C(C)Nc2ncccc2S(C)(=O)=O)s1. The number of nitrogens with zero attached hydrogens (tertiary/aromatic N) is 2. The van der Waals surface area contributed by atoms with E-state index >= 15 is 0 Å². The maximum atomic E-state index is 11.7. The fraction of sp³-hybridized carbons (Fsp3) is 0.333. The third-order valence-electron chi connectivity index (χ3n) is 2.53. The predicted molar refractivity (Wildman–Crippen MR) is 76.2 cm³/mol. The van der Waals surface area contributed by atoms with Crippen molar-refractivity contribution in [2.45, 2.75) is 24.8 Å². The summed E-state index contributed by atoms with van der Waals surface area (Å²) < 4.78 is 23.4. The van der Waals surface area contributed by atoms with Gasteiger partial charge in [-0.25, -0.2) is 18.4 Å². The van der Waals surface area contributed by atoms with E-state index in [2.05, 4.69) is 15.3 Å². The second kappa shape index (κ2) is 5.26. The summed E-state index contributed by atoms with van der Waals surface area (Å²) in [5.41, 5.74) is 0. The molecule has 0 aliphatic heterocycles. The average Bonchev–Trinajstić information content (AvgIpc) is 2.75. The molecule has 0 saturated carbocycles. The Kier molecular flexibility index (Phi) is 3.86. The first-order chi connectivity index (χ1) is 8.88. The molecule has 0 amide bonds. The Hall–Kier alpha value is -1.47. The smallest absolute Gasteiger partial charge is 0.179 e. The predicted octanol–water partition coefficient (Wildman–Crippen LogP) is 2.42. The van der Waals surface area contributed by atoms with Crippen molar-refractivity contribution < 1.29 is 8.42 Å². The van der Waals surface area contributed by atoms with E-state index in [4.69, 9.17) is 0 Å². The number of rotatable bonds is 4. The highest BCUT2D eigenvalue weighted by molar-refractivity contribution is 7.90. The quantitative estimate of drug-likeness (QED) is 0.938. The lowest BCUT2D eigenvalue weighted by Gasteiger charge is -2.14. The normalized spacial score (nSPS) is 13.2. The summed E-state index contributed by atoms with van der Waals surface area (Å²) >= 11 is 1.58. The molecule has 0 aromatic carbocycles. The van der Waals surface area contributed by atoms with Gasteiger partial charge in [-0.2, -0.15) is 0 Å². The number of thiazole rings is 1. The molecule has 2 heterocycles. The summed E-state index contributed by atoms with van der Waals surface area (Å²) in [6, 6.07) is 3.07. The third-order valence-corrected chi connectivity index (χ3v) is 4.76. The van der Waals surface area contributed by atoms with E-state index in [-0.39, 0.29) is 10.9 Å². The fourth-order valence-electron chi connectivity index (χ4n) is 1.64. The lowest BCUT2D eigenvalue weighted by molar-refractivity contribution is 0.601. The summed E-state index contributed by atoms with van der Waals surface area (Å²) in [7, 11) is -3.30. The van der Waals surface area contributed by atoms with Crippen LogP contribution in [-0.2, 0) is 9.84 Å². The lowest BCUT2D eigenvalue weighted by atomic mass is 10.3. The zero-order valence-electron chi connectivity index (χ0n) is 10.9. The van der Waals surface area contributed by atoms with Crippen LogP contribution in [0, 0.1) is 6.92 Å². The molecule has 5 nitrogen and oxygen atoms in total. The molecule has 2 rings (SSSR count). The molecule has 1 atom stereocenters. The highest BCUT2D eigenvalue weighted by Crippen LogP contribution is 2.25. The Morgan fingerprint density at radius 2 is 2.11 bits per heavy atom. The monoisotopic (exact) mass is 297 g/mol. The van der Waals surface area contributed by atoms with Gasteiger partial charge < -0.3 is 5.32 Å². The Morgan fingerprint density at radius 3 is 2.68 bits per heavy atom. The second-order valence-corrected chi connectivity index (χ2v) is 7.55. The number of sulfone groups is 1. The summed E-state index contributed by atoms with van der Waals surface area (Å²) in [5, 5.41) is 4.01. The van der Waals surface area contributed by atoms with Crippen LogP contribution in [0.3, 0.4) is 0 Å². The van der Waals surface area contributed by atoms with E-state index in [1.54, 1.807) is 35.9 Å². The van der Waals surface area contributed by atoms with E-state index in [0.717, 1.165) is 9.88 Å². The first-order valence-electron chi connectivity index (χ1n) is 5.72. The third kappa shape index (κ3) is 3.30. The van der Waals surface area contributed by atoms with Gasteiger partial charge in [-0.1, -0.05) is 0 Å². The van der Waals surface area contributed by atoms with Gasteiger partial charge in [-0.3, -0.25) is 0 Å². The summed E-state index contributed by atoms with van der Waals surface area (Å²) in [4.78, 5) is 9.71. The van der Waals surface area contributed by atoms with E-state index in [1.165, 1.54) is 6.26 Å². The zero-order chi connectivity index (χ0) is 14.0. The van der Waals surface area contributed by atoms with Crippen molar-refractivity contribution in [1.29, 1.82) is 0 Å². The van der Waals surface area contributed by atoms with Gasteiger partial charge >= 0.3 is 0 Å². The van der Waals surface area contributed by atoms with E-state index in [1.807, 2.05) is 13.8 Å². The topological polar surface area (TPSA) is 72.0 Å². The van der Waals surface area contributed by atoms with Crippen molar-refractivity contribution in [3.63, 3.8) is 0 Å². The minimum atomic E-state index is -3.30. The molecule has 2 aromatic rings. The van der Waals surface area contributed by atoms with Gasteiger partial charge in [0.2, 0.25) is 0 Å². The summed E-state index contributed by atoms with van der Waals surface area (Å²) in [6.45, 7) is 3.91. The van der Waals surface area contributed by atoms with Crippen molar-refractivity contribution in [2.24, 2.45) is 0 Å². The van der Waals surface area contributed by atoms with Gasteiger partial charge in [0, 0.05) is 23.5 Å². The number of aryl methyl sites for hydroxylation is 1. The van der Waals surface area contributed by atoms with Crippen LogP contribution in [0.15, 0.2) is 29.4 Å². The molecule has 0 fully saturated rings. The number of pyridine rings is 1. The number of hydrogen-bond acceptors (Lipinski definition) is 6. The van der Waals surface area contributed by atoms with Gasteiger partial charge in [0.15, 0.2) is 9.84 Å². The Balaban J connectivity index is 2.29. The van der Waals surface area contributed by atoms with Crippen molar-refractivity contribution in [3.8, 4) is 0 Å². The lowest BCUT2D eigenvalue weighted by Crippen LogP contribution is -2.11. The molecule has 0 radical (unpaired) electrons. The van der Waals surface area contributed by atoms with Crippen LogP contribution in [-0.4, -0.2) is 24.6 Å². The Morgan fingerprint density at radius 1 is 1.37 bits per heavy atom. The van der Waals surface area contributed by atoms with Crippen LogP contribution in [0.4, 0.5) is 5.82 Å². The minimum absolute atomic E-state index is 0.0888. The van der Waals surface area contributed by atoms with Crippen LogP contribution < -0.4 is 5.32 Å². The molecule has 102 valence electrons. The van der Waals surface area contributed by atoms with Crippen LogP contribution in [0.2, 0.25) is 0 Å². The van der Waals surface area contributed by atoms with Crippen molar-refractivity contribution in [3.05, 3.63) is 34.4 Å². The van der Waals surface area contributed by atoms with E-state index < -0.39 is 9.84 Å². The molecular weight excluding hydrogens is 282 g/mol. The zero-order valence-corrected chi connectivity index (χ0v) is 12.5. The molecule has 2 aromatic heterocycles. The molecule has 0 bridgehead atoms. The van der Waals surface area contributed by atoms with Crippen LogP contribution in [0.5, 0.6) is 0 Å². The van der Waals surface area contributed by atoms with Gasteiger partial charge in [0.05, 0.1) is 6.04 Å². The van der Waals surface area contributed by atoms with Crippen LogP contribution >= 0.6 is 11.3 Å². The maximum absolute atomic E-state index is 11.7.